The van der Waals surface area contributed by atoms with Crippen LogP contribution in [0.4, 0.5) is 0 Å². The highest BCUT2D eigenvalue weighted by molar-refractivity contribution is 7.25. The van der Waals surface area contributed by atoms with Crippen LogP contribution in [0.3, 0.4) is 0 Å². The first-order valence-electron chi connectivity index (χ1n) is 7.37. The van der Waals surface area contributed by atoms with Crippen molar-refractivity contribution in [3.05, 3.63) is 67.3 Å². The summed E-state index contributed by atoms with van der Waals surface area (Å²) in [5.74, 6) is 0. The van der Waals surface area contributed by atoms with Crippen molar-refractivity contribution in [3.63, 3.8) is 0 Å². The Morgan fingerprint density at radius 2 is 1.61 bits per heavy atom. The molecule has 3 aromatic heterocycles. The van der Waals surface area contributed by atoms with Gasteiger partial charge in [0.25, 0.3) is 0 Å². The lowest BCUT2D eigenvalue weighted by atomic mass is 9.99. The fourth-order valence-electron chi connectivity index (χ4n) is 3.10. The summed E-state index contributed by atoms with van der Waals surface area (Å²) in [6.45, 7) is 0. The molecule has 0 radical (unpaired) electrons. The van der Waals surface area contributed by atoms with Crippen molar-refractivity contribution in [2.45, 2.75) is 0 Å². The molecule has 0 aliphatic rings. The molecule has 0 aliphatic heterocycles. The molecule has 0 unspecified atom stereocenters. The molecule has 0 aliphatic carbocycles. The molecule has 0 amide bonds. The molecule has 0 saturated carbocycles. The molecule has 108 valence electrons. The second-order valence-corrected chi connectivity index (χ2v) is 6.48. The van der Waals surface area contributed by atoms with Gasteiger partial charge in [-0.3, -0.25) is 4.98 Å². The zero-order chi connectivity index (χ0) is 15.2. The molecule has 0 spiro atoms. The van der Waals surface area contributed by atoms with Crippen LogP contribution >= 0.6 is 11.3 Å². The minimum Gasteiger partial charge on any atom is -0.255 e. The fourth-order valence-corrected chi connectivity index (χ4v) is 4.19. The van der Waals surface area contributed by atoms with E-state index in [4.69, 9.17) is 0 Å². The number of pyridine rings is 1. The summed E-state index contributed by atoms with van der Waals surface area (Å²) in [6, 6.07) is 16.8. The van der Waals surface area contributed by atoms with Gasteiger partial charge in [-0.2, -0.15) is 0 Å². The van der Waals surface area contributed by atoms with E-state index in [9.17, 15) is 0 Å². The van der Waals surface area contributed by atoms with Crippen LogP contribution in [0.25, 0.3) is 42.3 Å². The molecular weight excluding hydrogens is 302 g/mol. The Morgan fingerprint density at radius 1 is 0.739 bits per heavy atom. The predicted octanol–water partition coefficient (Wildman–Crippen LogP) is 5.06. The van der Waals surface area contributed by atoms with Crippen LogP contribution in [0.5, 0.6) is 0 Å². The van der Waals surface area contributed by atoms with E-state index >= 15 is 0 Å². The number of rotatable bonds is 1. The second kappa shape index (κ2) is 4.83. The molecule has 2 aromatic carbocycles. The third kappa shape index (κ3) is 1.85. The van der Waals surface area contributed by atoms with Gasteiger partial charge in [0, 0.05) is 33.4 Å². The Hall–Kier alpha value is -2.85. The number of fused-ring (bicyclic) bond motifs is 4. The van der Waals surface area contributed by atoms with E-state index < -0.39 is 0 Å². The van der Waals surface area contributed by atoms with Gasteiger partial charge in [0.15, 0.2) is 0 Å². The molecule has 0 saturated heterocycles. The van der Waals surface area contributed by atoms with E-state index in [0.29, 0.717) is 0 Å². The van der Waals surface area contributed by atoms with Gasteiger partial charge in [-0.25, -0.2) is 9.97 Å². The summed E-state index contributed by atoms with van der Waals surface area (Å²) in [5, 5.41) is 2.26. The lowest BCUT2D eigenvalue weighted by molar-refractivity contribution is 1.22. The molecule has 0 atom stereocenters. The largest absolute Gasteiger partial charge is 0.255 e. The first-order valence-corrected chi connectivity index (χ1v) is 8.19. The Labute approximate surface area is 136 Å². The maximum absolute atomic E-state index is 4.61. The van der Waals surface area contributed by atoms with Crippen molar-refractivity contribution < 1.29 is 0 Å². The molecule has 4 heteroatoms. The Kier molecular flexibility index (Phi) is 2.66. The monoisotopic (exact) mass is 313 g/mol. The van der Waals surface area contributed by atoms with Crippen molar-refractivity contribution >= 4 is 42.5 Å². The number of benzene rings is 2. The quantitative estimate of drug-likeness (QED) is 0.434. The Balaban J connectivity index is 1.96. The van der Waals surface area contributed by atoms with E-state index in [-0.39, 0.29) is 0 Å². The highest BCUT2D eigenvalue weighted by atomic mass is 32.1. The van der Waals surface area contributed by atoms with Gasteiger partial charge in [-0.15, -0.1) is 11.3 Å². The first kappa shape index (κ1) is 12.7. The Bertz CT molecular complexity index is 1170. The fraction of sp³-hybridized carbons (Fsp3) is 0. The zero-order valence-electron chi connectivity index (χ0n) is 12.1. The van der Waals surface area contributed by atoms with Gasteiger partial charge >= 0.3 is 0 Å². The van der Waals surface area contributed by atoms with Crippen LogP contribution in [0.15, 0.2) is 67.3 Å². The summed E-state index contributed by atoms with van der Waals surface area (Å²) >= 11 is 1.78. The lowest BCUT2D eigenvalue weighted by Gasteiger charge is -2.07. The lowest BCUT2D eigenvalue weighted by Crippen LogP contribution is -1.87. The Morgan fingerprint density at radius 3 is 2.61 bits per heavy atom. The first-order chi connectivity index (χ1) is 11.4. The second-order valence-electron chi connectivity index (χ2n) is 5.40. The third-order valence-corrected chi connectivity index (χ3v) is 5.19. The number of hydrogen-bond donors (Lipinski definition) is 0. The van der Waals surface area contributed by atoms with E-state index in [1.165, 1.54) is 20.3 Å². The molecular formula is C19H11N3S. The molecule has 0 bridgehead atoms. The van der Waals surface area contributed by atoms with E-state index in [1.807, 2.05) is 24.5 Å². The smallest absolute Gasteiger partial charge is 0.116 e. The zero-order valence-corrected chi connectivity index (χ0v) is 12.9. The van der Waals surface area contributed by atoms with Gasteiger partial charge < -0.3 is 0 Å². The maximum Gasteiger partial charge on any atom is 0.116 e. The average molecular weight is 313 g/mol. The number of nitrogens with zero attached hydrogens (tertiary/aromatic N) is 3. The standard InChI is InChI=1S/C19H11N3S/c1-4-12-10-20-11-22-18(12)14(6-1)13-5-2-7-15-17(13)19-16(23-15)8-3-9-21-19/h1-11H. The molecule has 5 rings (SSSR count). The van der Waals surface area contributed by atoms with Crippen molar-refractivity contribution in [1.29, 1.82) is 0 Å². The van der Waals surface area contributed by atoms with E-state index in [2.05, 4.69) is 51.4 Å². The van der Waals surface area contributed by atoms with Crippen molar-refractivity contribution in [1.82, 2.24) is 15.0 Å². The molecule has 5 aromatic rings. The highest BCUT2D eigenvalue weighted by Gasteiger charge is 2.13. The molecule has 3 nitrogen and oxygen atoms in total. The number of thiophene rings is 1. The van der Waals surface area contributed by atoms with E-state index in [1.54, 1.807) is 17.7 Å². The molecule has 0 fully saturated rings. The average Bonchev–Trinajstić information content (AvgIpc) is 3.00. The van der Waals surface area contributed by atoms with Gasteiger partial charge in [0.2, 0.25) is 0 Å². The summed E-state index contributed by atoms with van der Waals surface area (Å²) in [4.78, 5) is 13.2. The van der Waals surface area contributed by atoms with Crippen LogP contribution in [-0.2, 0) is 0 Å². The maximum atomic E-state index is 4.61. The number of para-hydroxylation sites is 1. The molecule has 23 heavy (non-hydrogen) atoms. The van der Waals surface area contributed by atoms with Crippen LogP contribution < -0.4 is 0 Å². The number of hydrogen-bond acceptors (Lipinski definition) is 4. The van der Waals surface area contributed by atoms with Crippen molar-refractivity contribution in [2.75, 3.05) is 0 Å². The van der Waals surface area contributed by atoms with Crippen LogP contribution in [-0.4, -0.2) is 15.0 Å². The van der Waals surface area contributed by atoms with Gasteiger partial charge in [-0.1, -0.05) is 30.3 Å². The SMILES string of the molecule is c1cc(-c2cccc3sc4cccnc4c23)c2ncncc2c1. The number of aromatic nitrogens is 3. The summed E-state index contributed by atoms with van der Waals surface area (Å²) in [7, 11) is 0. The van der Waals surface area contributed by atoms with Crippen molar-refractivity contribution in [2.24, 2.45) is 0 Å². The van der Waals surface area contributed by atoms with Gasteiger partial charge in [-0.05, 0) is 23.8 Å². The highest BCUT2D eigenvalue weighted by Crippen LogP contribution is 2.40. The summed E-state index contributed by atoms with van der Waals surface area (Å²) in [6.07, 6.45) is 5.32. The van der Waals surface area contributed by atoms with Crippen LogP contribution in [0, 0.1) is 0 Å². The van der Waals surface area contributed by atoms with Gasteiger partial charge in [0.1, 0.15) is 6.33 Å². The summed E-state index contributed by atoms with van der Waals surface area (Å²) in [5.41, 5.74) is 4.34. The predicted molar refractivity (Wildman–Crippen MR) is 95.7 cm³/mol. The van der Waals surface area contributed by atoms with Gasteiger partial charge in [0.05, 0.1) is 15.7 Å². The molecule has 0 N–H and O–H groups in total. The molecule has 3 heterocycles. The van der Waals surface area contributed by atoms with Crippen molar-refractivity contribution in [3.8, 4) is 11.1 Å². The topological polar surface area (TPSA) is 38.7 Å². The van der Waals surface area contributed by atoms with Crippen LogP contribution in [0.1, 0.15) is 0 Å². The minimum absolute atomic E-state index is 0.977. The third-order valence-electron chi connectivity index (χ3n) is 4.08. The normalized spacial score (nSPS) is 11.5. The summed E-state index contributed by atoms with van der Waals surface area (Å²) < 4.78 is 2.46. The van der Waals surface area contributed by atoms with E-state index in [0.717, 1.165) is 22.0 Å². The minimum atomic E-state index is 0.977. The van der Waals surface area contributed by atoms with Crippen LogP contribution in [0.2, 0.25) is 0 Å².